The summed E-state index contributed by atoms with van der Waals surface area (Å²) in [6.07, 6.45) is 1.16. The molecule has 2 amide bonds. The SMILES string of the molecule is CC(C)C[C@@H]1NC(=O)[C@H](C(C)CCO)NC1=O. The summed E-state index contributed by atoms with van der Waals surface area (Å²) in [5.74, 6) is 0.0469. The molecule has 1 aliphatic heterocycles. The van der Waals surface area contributed by atoms with Gasteiger partial charge in [-0.2, -0.15) is 0 Å². The number of carbonyl (C=O) groups is 2. The van der Waals surface area contributed by atoms with Crippen LogP contribution in [0.1, 0.15) is 33.6 Å². The maximum Gasteiger partial charge on any atom is 0.243 e. The van der Waals surface area contributed by atoms with Gasteiger partial charge >= 0.3 is 0 Å². The zero-order valence-electron chi connectivity index (χ0n) is 10.7. The van der Waals surface area contributed by atoms with E-state index in [4.69, 9.17) is 5.11 Å². The van der Waals surface area contributed by atoms with E-state index in [9.17, 15) is 9.59 Å². The second kappa shape index (κ2) is 6.00. The molecule has 0 aliphatic carbocycles. The Bertz CT molecular complexity index is 291. The number of aliphatic hydroxyl groups excluding tert-OH is 1. The van der Waals surface area contributed by atoms with Crippen LogP contribution in [0.3, 0.4) is 0 Å². The van der Waals surface area contributed by atoms with E-state index in [1.165, 1.54) is 0 Å². The van der Waals surface area contributed by atoms with Gasteiger partial charge in [0.1, 0.15) is 12.1 Å². The summed E-state index contributed by atoms with van der Waals surface area (Å²) in [6.45, 7) is 5.90. The standard InChI is InChI=1S/C12H22N2O3/c1-7(2)6-9-11(16)14-10(12(17)13-9)8(3)4-5-15/h7-10,15H,4-6H2,1-3H3,(H,13,17)(H,14,16)/t8?,9-,10-/m0/s1. The summed E-state index contributed by atoms with van der Waals surface area (Å²) in [5, 5.41) is 14.3. The average molecular weight is 242 g/mol. The maximum absolute atomic E-state index is 11.8. The summed E-state index contributed by atoms with van der Waals surface area (Å²) in [6, 6.07) is -0.932. The van der Waals surface area contributed by atoms with Crippen molar-refractivity contribution in [2.75, 3.05) is 6.61 Å². The number of hydrogen-bond donors (Lipinski definition) is 3. The summed E-state index contributed by atoms with van der Waals surface area (Å²) < 4.78 is 0. The Morgan fingerprint density at radius 2 is 1.82 bits per heavy atom. The Kier molecular flexibility index (Phi) is 4.93. The first-order valence-corrected chi connectivity index (χ1v) is 6.17. The lowest BCUT2D eigenvalue weighted by Gasteiger charge is -2.33. The van der Waals surface area contributed by atoms with Crippen molar-refractivity contribution in [1.29, 1.82) is 0 Å². The van der Waals surface area contributed by atoms with Crippen molar-refractivity contribution in [1.82, 2.24) is 10.6 Å². The Hall–Kier alpha value is -1.10. The van der Waals surface area contributed by atoms with Crippen molar-refractivity contribution < 1.29 is 14.7 Å². The first-order chi connectivity index (χ1) is 7.95. The summed E-state index contributed by atoms with van der Waals surface area (Å²) in [4.78, 5) is 23.6. The second-order valence-corrected chi connectivity index (χ2v) is 5.17. The van der Waals surface area contributed by atoms with E-state index in [-0.39, 0.29) is 24.3 Å². The van der Waals surface area contributed by atoms with Crippen LogP contribution >= 0.6 is 0 Å². The van der Waals surface area contributed by atoms with E-state index < -0.39 is 12.1 Å². The Labute approximate surface area is 102 Å². The van der Waals surface area contributed by atoms with Gasteiger partial charge in [0.15, 0.2) is 0 Å². The minimum Gasteiger partial charge on any atom is -0.396 e. The molecule has 3 N–H and O–H groups in total. The molecule has 3 atom stereocenters. The number of nitrogens with one attached hydrogen (secondary N) is 2. The molecule has 0 aromatic rings. The number of carbonyl (C=O) groups excluding carboxylic acids is 2. The van der Waals surface area contributed by atoms with Gasteiger partial charge < -0.3 is 15.7 Å². The van der Waals surface area contributed by atoms with Crippen molar-refractivity contribution in [3.8, 4) is 0 Å². The fourth-order valence-electron chi connectivity index (χ4n) is 2.05. The molecule has 1 aliphatic rings. The number of hydrogen-bond acceptors (Lipinski definition) is 3. The topological polar surface area (TPSA) is 78.4 Å². The first-order valence-electron chi connectivity index (χ1n) is 6.17. The first kappa shape index (κ1) is 14.0. The van der Waals surface area contributed by atoms with Crippen LogP contribution in [0.4, 0.5) is 0 Å². The summed E-state index contributed by atoms with van der Waals surface area (Å²) in [7, 11) is 0. The van der Waals surface area contributed by atoms with Crippen molar-refractivity contribution in [3.05, 3.63) is 0 Å². The van der Waals surface area contributed by atoms with Crippen LogP contribution in [0.2, 0.25) is 0 Å². The average Bonchev–Trinajstić information content (AvgIpc) is 2.22. The number of aliphatic hydroxyl groups is 1. The smallest absolute Gasteiger partial charge is 0.243 e. The molecule has 0 spiro atoms. The van der Waals surface area contributed by atoms with Crippen molar-refractivity contribution in [3.63, 3.8) is 0 Å². The quantitative estimate of drug-likeness (QED) is 0.636. The normalized spacial score (nSPS) is 26.6. The van der Waals surface area contributed by atoms with Gasteiger partial charge in [-0.15, -0.1) is 0 Å². The molecule has 98 valence electrons. The molecule has 0 bridgehead atoms. The lowest BCUT2D eigenvalue weighted by molar-refractivity contribution is -0.138. The third kappa shape index (κ3) is 3.70. The van der Waals surface area contributed by atoms with Crippen molar-refractivity contribution >= 4 is 11.8 Å². The Morgan fingerprint density at radius 3 is 2.35 bits per heavy atom. The highest BCUT2D eigenvalue weighted by Crippen LogP contribution is 2.14. The Balaban J connectivity index is 2.61. The van der Waals surface area contributed by atoms with Gasteiger partial charge in [-0.3, -0.25) is 9.59 Å². The van der Waals surface area contributed by atoms with Gasteiger partial charge in [0.05, 0.1) is 0 Å². The van der Waals surface area contributed by atoms with Crippen LogP contribution in [-0.4, -0.2) is 35.6 Å². The fourth-order valence-corrected chi connectivity index (χ4v) is 2.05. The highest BCUT2D eigenvalue weighted by Gasteiger charge is 2.36. The molecule has 0 saturated carbocycles. The molecule has 0 aromatic carbocycles. The molecular weight excluding hydrogens is 220 g/mol. The molecule has 1 saturated heterocycles. The molecule has 5 heteroatoms. The van der Waals surface area contributed by atoms with E-state index in [0.717, 1.165) is 0 Å². The van der Waals surface area contributed by atoms with E-state index >= 15 is 0 Å². The van der Waals surface area contributed by atoms with Gasteiger partial charge in [-0.05, 0) is 24.7 Å². The fraction of sp³-hybridized carbons (Fsp3) is 0.833. The summed E-state index contributed by atoms with van der Waals surface area (Å²) in [5.41, 5.74) is 0. The van der Waals surface area contributed by atoms with E-state index in [1.54, 1.807) is 0 Å². The molecule has 5 nitrogen and oxygen atoms in total. The molecule has 1 rings (SSSR count). The lowest BCUT2D eigenvalue weighted by atomic mass is 9.93. The molecule has 1 fully saturated rings. The number of amides is 2. The minimum absolute atomic E-state index is 0.0240. The Morgan fingerprint density at radius 1 is 1.18 bits per heavy atom. The van der Waals surface area contributed by atoms with Crippen molar-refractivity contribution in [2.45, 2.75) is 45.7 Å². The van der Waals surface area contributed by atoms with Crippen molar-refractivity contribution in [2.24, 2.45) is 11.8 Å². The van der Waals surface area contributed by atoms with Crippen LogP contribution in [0.15, 0.2) is 0 Å². The zero-order valence-corrected chi connectivity index (χ0v) is 10.7. The van der Waals surface area contributed by atoms with Crippen LogP contribution in [-0.2, 0) is 9.59 Å². The minimum atomic E-state index is -0.516. The van der Waals surface area contributed by atoms with E-state index in [0.29, 0.717) is 18.8 Å². The number of piperazine rings is 1. The zero-order chi connectivity index (χ0) is 13.0. The van der Waals surface area contributed by atoms with Gasteiger partial charge in [0.25, 0.3) is 0 Å². The molecule has 1 heterocycles. The summed E-state index contributed by atoms with van der Waals surface area (Å²) >= 11 is 0. The van der Waals surface area contributed by atoms with Crippen LogP contribution in [0, 0.1) is 11.8 Å². The largest absolute Gasteiger partial charge is 0.396 e. The van der Waals surface area contributed by atoms with Gasteiger partial charge in [-0.1, -0.05) is 20.8 Å². The molecule has 17 heavy (non-hydrogen) atoms. The van der Waals surface area contributed by atoms with Gasteiger partial charge in [0.2, 0.25) is 11.8 Å². The third-order valence-electron chi connectivity index (χ3n) is 3.07. The molecule has 0 aromatic heterocycles. The predicted molar refractivity (Wildman–Crippen MR) is 64.2 cm³/mol. The maximum atomic E-state index is 11.8. The second-order valence-electron chi connectivity index (χ2n) is 5.17. The van der Waals surface area contributed by atoms with Gasteiger partial charge in [-0.25, -0.2) is 0 Å². The third-order valence-corrected chi connectivity index (χ3v) is 3.07. The van der Waals surface area contributed by atoms with Crippen LogP contribution in [0.5, 0.6) is 0 Å². The highest BCUT2D eigenvalue weighted by atomic mass is 16.3. The molecule has 1 unspecified atom stereocenters. The van der Waals surface area contributed by atoms with E-state index in [2.05, 4.69) is 10.6 Å². The highest BCUT2D eigenvalue weighted by molar-refractivity contribution is 5.97. The monoisotopic (exact) mass is 242 g/mol. The van der Waals surface area contributed by atoms with Crippen LogP contribution in [0.25, 0.3) is 0 Å². The molecule has 0 radical (unpaired) electrons. The van der Waals surface area contributed by atoms with E-state index in [1.807, 2.05) is 20.8 Å². The van der Waals surface area contributed by atoms with Crippen LogP contribution < -0.4 is 10.6 Å². The predicted octanol–water partition coefficient (Wildman–Crippen LogP) is 0.0342. The lowest BCUT2D eigenvalue weighted by Crippen LogP contribution is -2.63. The van der Waals surface area contributed by atoms with Gasteiger partial charge in [0, 0.05) is 6.61 Å². The molecular formula is C12H22N2O3. The number of rotatable bonds is 5.